The first-order valence-electron chi connectivity index (χ1n) is 6.12. The number of rotatable bonds is 3. The van der Waals surface area contributed by atoms with Crippen LogP contribution in [-0.4, -0.2) is 5.11 Å². The topological polar surface area (TPSA) is 20.2 Å². The van der Waals surface area contributed by atoms with E-state index in [2.05, 4.69) is 0 Å². The lowest BCUT2D eigenvalue weighted by atomic mass is 9.86. The van der Waals surface area contributed by atoms with E-state index in [0.717, 1.165) is 16.7 Å². The van der Waals surface area contributed by atoms with E-state index in [0.29, 0.717) is 11.4 Å². The Kier molecular flexibility index (Phi) is 3.93. The predicted molar refractivity (Wildman–Crippen MR) is 75.9 cm³/mol. The summed E-state index contributed by atoms with van der Waals surface area (Å²) < 4.78 is 13.0. The highest BCUT2D eigenvalue weighted by molar-refractivity contribution is 6.31. The van der Waals surface area contributed by atoms with Gasteiger partial charge in [0, 0.05) is 11.4 Å². The van der Waals surface area contributed by atoms with Crippen molar-refractivity contribution in [1.82, 2.24) is 0 Å². The molecule has 1 nitrogen and oxygen atoms in total. The summed E-state index contributed by atoms with van der Waals surface area (Å²) in [6, 6.07) is 11.9. The second-order valence-electron chi connectivity index (χ2n) is 5.00. The zero-order valence-corrected chi connectivity index (χ0v) is 11.7. The van der Waals surface area contributed by atoms with Crippen molar-refractivity contribution >= 4 is 11.6 Å². The number of benzene rings is 2. The number of halogens is 2. The molecule has 100 valence electrons. The molecule has 0 saturated heterocycles. The molecule has 0 radical (unpaired) electrons. The second kappa shape index (κ2) is 5.32. The standard InChI is InChI=1S/C16H16ClFO/c1-11-5-3-4-6-14(11)16(2,19)10-12-7-8-13(18)9-15(12)17/h3-9,19H,10H2,1-2H3. The minimum absolute atomic E-state index is 0.342. The Morgan fingerprint density at radius 1 is 1.21 bits per heavy atom. The van der Waals surface area contributed by atoms with E-state index in [4.69, 9.17) is 11.6 Å². The van der Waals surface area contributed by atoms with Crippen LogP contribution in [0.5, 0.6) is 0 Å². The molecular weight excluding hydrogens is 263 g/mol. The van der Waals surface area contributed by atoms with Crippen molar-refractivity contribution in [3.63, 3.8) is 0 Å². The van der Waals surface area contributed by atoms with Crippen LogP contribution in [0.1, 0.15) is 23.6 Å². The van der Waals surface area contributed by atoms with Crippen molar-refractivity contribution in [1.29, 1.82) is 0 Å². The van der Waals surface area contributed by atoms with E-state index in [-0.39, 0.29) is 5.82 Å². The lowest BCUT2D eigenvalue weighted by Gasteiger charge is -2.26. The van der Waals surface area contributed by atoms with E-state index in [1.807, 2.05) is 31.2 Å². The van der Waals surface area contributed by atoms with Crippen LogP contribution in [0.2, 0.25) is 5.02 Å². The molecular formula is C16H16ClFO. The minimum atomic E-state index is -1.03. The van der Waals surface area contributed by atoms with Gasteiger partial charge in [-0.2, -0.15) is 0 Å². The van der Waals surface area contributed by atoms with Gasteiger partial charge in [0.15, 0.2) is 0 Å². The van der Waals surface area contributed by atoms with Gasteiger partial charge in [0.25, 0.3) is 0 Å². The van der Waals surface area contributed by atoms with Crippen molar-refractivity contribution in [3.05, 3.63) is 70.0 Å². The molecule has 1 atom stereocenters. The smallest absolute Gasteiger partial charge is 0.124 e. The van der Waals surface area contributed by atoms with Crippen molar-refractivity contribution < 1.29 is 9.50 Å². The molecule has 1 N–H and O–H groups in total. The summed E-state index contributed by atoms with van der Waals surface area (Å²) in [5.74, 6) is -0.371. The number of hydrogen-bond acceptors (Lipinski definition) is 1. The third-order valence-electron chi connectivity index (χ3n) is 3.28. The van der Waals surface area contributed by atoms with Crippen LogP contribution >= 0.6 is 11.6 Å². The zero-order valence-electron chi connectivity index (χ0n) is 11.0. The minimum Gasteiger partial charge on any atom is -0.385 e. The maximum Gasteiger partial charge on any atom is 0.124 e. The normalized spacial score (nSPS) is 14.2. The van der Waals surface area contributed by atoms with E-state index in [9.17, 15) is 9.50 Å². The average Bonchev–Trinajstić information content (AvgIpc) is 2.33. The Bertz CT molecular complexity index is 593. The fourth-order valence-electron chi connectivity index (χ4n) is 2.31. The van der Waals surface area contributed by atoms with Crippen LogP contribution in [0.15, 0.2) is 42.5 Å². The Morgan fingerprint density at radius 2 is 1.89 bits per heavy atom. The molecule has 2 aromatic rings. The fourth-order valence-corrected chi connectivity index (χ4v) is 2.54. The van der Waals surface area contributed by atoms with Gasteiger partial charge in [0.05, 0.1) is 5.60 Å². The molecule has 3 heteroatoms. The van der Waals surface area contributed by atoms with Gasteiger partial charge in [-0.25, -0.2) is 4.39 Å². The molecule has 0 bridgehead atoms. The Balaban J connectivity index is 2.33. The first-order chi connectivity index (χ1) is 8.90. The molecule has 0 aliphatic heterocycles. The first-order valence-corrected chi connectivity index (χ1v) is 6.50. The van der Waals surface area contributed by atoms with Gasteiger partial charge in [-0.05, 0) is 42.7 Å². The molecule has 0 spiro atoms. The largest absolute Gasteiger partial charge is 0.385 e. The van der Waals surface area contributed by atoms with Crippen LogP contribution in [0.25, 0.3) is 0 Å². The second-order valence-corrected chi connectivity index (χ2v) is 5.41. The van der Waals surface area contributed by atoms with E-state index < -0.39 is 5.60 Å². The average molecular weight is 279 g/mol. The van der Waals surface area contributed by atoms with Crippen molar-refractivity contribution in [2.75, 3.05) is 0 Å². The quantitative estimate of drug-likeness (QED) is 0.890. The van der Waals surface area contributed by atoms with Crippen molar-refractivity contribution in [3.8, 4) is 0 Å². The van der Waals surface area contributed by atoms with Crippen LogP contribution in [0.3, 0.4) is 0 Å². The third-order valence-corrected chi connectivity index (χ3v) is 3.63. The summed E-state index contributed by atoms with van der Waals surface area (Å²) in [6.07, 6.45) is 0.344. The van der Waals surface area contributed by atoms with Gasteiger partial charge in [-0.1, -0.05) is 41.9 Å². The maximum atomic E-state index is 13.0. The molecule has 0 amide bonds. The van der Waals surface area contributed by atoms with Gasteiger partial charge in [-0.3, -0.25) is 0 Å². The number of aliphatic hydroxyl groups is 1. The monoisotopic (exact) mass is 278 g/mol. The van der Waals surface area contributed by atoms with Gasteiger partial charge in [0.1, 0.15) is 5.82 Å². The lowest BCUT2D eigenvalue weighted by Crippen LogP contribution is -2.25. The molecule has 2 aromatic carbocycles. The van der Waals surface area contributed by atoms with Crippen LogP contribution < -0.4 is 0 Å². The Hall–Kier alpha value is -1.38. The highest BCUT2D eigenvalue weighted by atomic mass is 35.5. The number of aryl methyl sites for hydroxylation is 1. The maximum absolute atomic E-state index is 13.0. The summed E-state index contributed by atoms with van der Waals surface area (Å²) in [4.78, 5) is 0. The predicted octanol–water partition coefficient (Wildman–Crippen LogP) is 4.24. The molecule has 0 heterocycles. The molecule has 0 saturated carbocycles. The lowest BCUT2D eigenvalue weighted by molar-refractivity contribution is 0.0570. The Labute approximate surface area is 117 Å². The summed E-state index contributed by atoms with van der Waals surface area (Å²) in [5.41, 5.74) is 1.57. The third kappa shape index (κ3) is 3.14. The highest BCUT2D eigenvalue weighted by Gasteiger charge is 2.26. The SMILES string of the molecule is Cc1ccccc1C(C)(O)Cc1ccc(F)cc1Cl. The summed E-state index contributed by atoms with van der Waals surface area (Å²) in [6.45, 7) is 3.70. The van der Waals surface area contributed by atoms with Gasteiger partial charge < -0.3 is 5.11 Å². The zero-order chi connectivity index (χ0) is 14.0. The first kappa shape index (κ1) is 14.0. The summed E-state index contributed by atoms with van der Waals surface area (Å²) in [5, 5.41) is 11.0. The van der Waals surface area contributed by atoms with E-state index >= 15 is 0 Å². The molecule has 19 heavy (non-hydrogen) atoms. The van der Waals surface area contributed by atoms with Crippen molar-refractivity contribution in [2.24, 2.45) is 0 Å². The molecule has 0 aliphatic rings. The summed E-state index contributed by atoms with van der Waals surface area (Å²) in [7, 11) is 0. The Morgan fingerprint density at radius 3 is 2.53 bits per heavy atom. The molecule has 0 aliphatic carbocycles. The van der Waals surface area contributed by atoms with E-state index in [1.165, 1.54) is 12.1 Å². The van der Waals surface area contributed by atoms with Gasteiger partial charge >= 0.3 is 0 Å². The molecule has 0 fully saturated rings. The molecule has 1 unspecified atom stereocenters. The number of hydrogen-bond donors (Lipinski definition) is 1. The fraction of sp³-hybridized carbons (Fsp3) is 0.250. The van der Waals surface area contributed by atoms with Crippen LogP contribution in [-0.2, 0) is 12.0 Å². The molecule has 0 aromatic heterocycles. The van der Waals surface area contributed by atoms with Crippen LogP contribution in [0, 0.1) is 12.7 Å². The van der Waals surface area contributed by atoms with Gasteiger partial charge in [0.2, 0.25) is 0 Å². The highest BCUT2D eigenvalue weighted by Crippen LogP contribution is 2.30. The van der Waals surface area contributed by atoms with Crippen LogP contribution in [0.4, 0.5) is 4.39 Å². The molecule has 2 rings (SSSR count). The van der Waals surface area contributed by atoms with E-state index in [1.54, 1.807) is 13.0 Å². The van der Waals surface area contributed by atoms with Crippen molar-refractivity contribution in [2.45, 2.75) is 25.9 Å². The van der Waals surface area contributed by atoms with Gasteiger partial charge in [-0.15, -0.1) is 0 Å². The summed E-state index contributed by atoms with van der Waals surface area (Å²) >= 11 is 6.01.